The molecule has 0 aromatic heterocycles. The van der Waals surface area contributed by atoms with Gasteiger partial charge in [-0.1, -0.05) is 12.1 Å². The van der Waals surface area contributed by atoms with Gasteiger partial charge in [0.05, 0.1) is 4.90 Å². The van der Waals surface area contributed by atoms with Gasteiger partial charge >= 0.3 is 0 Å². The summed E-state index contributed by atoms with van der Waals surface area (Å²) in [6.45, 7) is 2.71. The van der Waals surface area contributed by atoms with E-state index in [0.29, 0.717) is 36.9 Å². The molecule has 1 aliphatic heterocycles. The Kier molecular flexibility index (Phi) is 4.23. The van der Waals surface area contributed by atoms with Crippen LogP contribution in [0.2, 0.25) is 0 Å². The third-order valence-corrected chi connectivity index (χ3v) is 6.27. The van der Waals surface area contributed by atoms with Gasteiger partial charge in [-0.3, -0.25) is 4.79 Å². The van der Waals surface area contributed by atoms with Crippen molar-refractivity contribution in [3.8, 4) is 0 Å². The summed E-state index contributed by atoms with van der Waals surface area (Å²) in [5.74, 6) is 0.0414. The topological polar surface area (TPSA) is 66.5 Å². The lowest BCUT2D eigenvalue weighted by atomic mass is 9.97. The zero-order valence-electron chi connectivity index (χ0n) is 12.8. The Morgan fingerprint density at radius 1 is 1.18 bits per heavy atom. The van der Waals surface area contributed by atoms with E-state index in [1.54, 1.807) is 18.2 Å². The summed E-state index contributed by atoms with van der Waals surface area (Å²) in [6, 6.07) is 7.34. The number of amides is 1. The molecule has 1 aromatic carbocycles. The number of piperidine rings is 1. The van der Waals surface area contributed by atoms with Crippen molar-refractivity contribution in [2.24, 2.45) is 5.92 Å². The summed E-state index contributed by atoms with van der Waals surface area (Å²) in [4.78, 5) is 12.4. The monoisotopic (exact) mass is 322 g/mol. The number of hydrogen-bond acceptors (Lipinski definition) is 3. The molecule has 1 aliphatic carbocycles. The molecule has 1 amide bonds. The molecule has 2 fully saturated rings. The molecule has 0 radical (unpaired) electrons. The van der Waals surface area contributed by atoms with Crippen LogP contribution in [0.25, 0.3) is 0 Å². The molecule has 0 bridgehead atoms. The number of nitrogens with zero attached hydrogens (tertiary/aromatic N) is 1. The van der Waals surface area contributed by atoms with Crippen LogP contribution in [0.15, 0.2) is 29.2 Å². The lowest BCUT2D eigenvalue weighted by Crippen LogP contribution is -2.43. The molecule has 0 spiro atoms. The maximum atomic E-state index is 12.6. The largest absolute Gasteiger partial charge is 0.353 e. The molecule has 6 heteroatoms. The molecule has 22 heavy (non-hydrogen) atoms. The molecule has 1 N–H and O–H groups in total. The van der Waals surface area contributed by atoms with Gasteiger partial charge in [-0.2, -0.15) is 4.31 Å². The van der Waals surface area contributed by atoms with Crippen molar-refractivity contribution in [1.29, 1.82) is 0 Å². The Labute approximate surface area is 131 Å². The fourth-order valence-electron chi connectivity index (χ4n) is 2.83. The average molecular weight is 322 g/mol. The number of benzene rings is 1. The Bertz CT molecular complexity index is 660. The fraction of sp³-hybridized carbons (Fsp3) is 0.562. The van der Waals surface area contributed by atoms with Crippen LogP contribution in [-0.2, 0) is 14.8 Å². The van der Waals surface area contributed by atoms with Gasteiger partial charge in [0, 0.05) is 25.0 Å². The van der Waals surface area contributed by atoms with E-state index < -0.39 is 10.0 Å². The SMILES string of the molecule is Cc1cccc(S(=O)(=O)N2CCC(C(=O)NC3CC3)CC2)c1. The van der Waals surface area contributed by atoms with Crippen LogP contribution in [0.4, 0.5) is 0 Å². The molecule has 2 aliphatic rings. The maximum absolute atomic E-state index is 12.6. The maximum Gasteiger partial charge on any atom is 0.243 e. The molecule has 1 saturated carbocycles. The molecule has 1 saturated heterocycles. The number of aryl methyl sites for hydroxylation is 1. The second kappa shape index (κ2) is 6.01. The number of carbonyl (C=O) groups excluding carboxylic acids is 1. The molecule has 3 rings (SSSR count). The van der Waals surface area contributed by atoms with E-state index in [4.69, 9.17) is 0 Å². The van der Waals surface area contributed by atoms with Gasteiger partial charge in [0.15, 0.2) is 0 Å². The minimum Gasteiger partial charge on any atom is -0.353 e. The van der Waals surface area contributed by atoms with Crippen LogP contribution < -0.4 is 5.32 Å². The van der Waals surface area contributed by atoms with Crippen molar-refractivity contribution in [2.45, 2.75) is 43.5 Å². The summed E-state index contributed by atoms with van der Waals surface area (Å²) >= 11 is 0. The predicted molar refractivity (Wildman–Crippen MR) is 83.8 cm³/mol. The molecule has 0 unspecified atom stereocenters. The second-order valence-corrected chi connectivity index (χ2v) is 8.22. The fourth-order valence-corrected chi connectivity index (χ4v) is 4.40. The first-order valence-corrected chi connectivity index (χ1v) is 9.28. The number of carbonyl (C=O) groups is 1. The molecular weight excluding hydrogens is 300 g/mol. The van der Waals surface area contributed by atoms with E-state index in [1.807, 2.05) is 13.0 Å². The van der Waals surface area contributed by atoms with Crippen LogP contribution in [0.1, 0.15) is 31.2 Å². The van der Waals surface area contributed by atoms with Crippen molar-refractivity contribution >= 4 is 15.9 Å². The van der Waals surface area contributed by atoms with Gasteiger partial charge in [-0.15, -0.1) is 0 Å². The van der Waals surface area contributed by atoms with E-state index in [-0.39, 0.29) is 11.8 Å². The zero-order chi connectivity index (χ0) is 15.7. The smallest absolute Gasteiger partial charge is 0.243 e. The number of rotatable bonds is 4. The molecule has 0 atom stereocenters. The normalized spacial score (nSPS) is 20.8. The van der Waals surface area contributed by atoms with Gasteiger partial charge in [0.1, 0.15) is 0 Å². The highest BCUT2D eigenvalue weighted by atomic mass is 32.2. The first kappa shape index (κ1) is 15.5. The van der Waals surface area contributed by atoms with E-state index in [2.05, 4.69) is 5.32 Å². The van der Waals surface area contributed by atoms with E-state index in [0.717, 1.165) is 18.4 Å². The Balaban J connectivity index is 1.63. The van der Waals surface area contributed by atoms with E-state index in [9.17, 15) is 13.2 Å². The summed E-state index contributed by atoms with van der Waals surface area (Å²) in [6.07, 6.45) is 3.35. The summed E-state index contributed by atoms with van der Waals surface area (Å²) < 4.78 is 26.8. The number of hydrogen-bond donors (Lipinski definition) is 1. The van der Waals surface area contributed by atoms with Crippen molar-refractivity contribution in [1.82, 2.24) is 9.62 Å². The van der Waals surface area contributed by atoms with Gasteiger partial charge < -0.3 is 5.32 Å². The van der Waals surface area contributed by atoms with Crippen LogP contribution >= 0.6 is 0 Å². The summed E-state index contributed by atoms with van der Waals surface area (Å²) in [5, 5.41) is 3.01. The van der Waals surface area contributed by atoms with Gasteiger partial charge in [-0.25, -0.2) is 8.42 Å². The Morgan fingerprint density at radius 3 is 2.45 bits per heavy atom. The second-order valence-electron chi connectivity index (χ2n) is 6.28. The Hall–Kier alpha value is -1.40. The highest BCUT2D eigenvalue weighted by Crippen LogP contribution is 2.26. The molecule has 120 valence electrons. The van der Waals surface area contributed by atoms with E-state index in [1.165, 1.54) is 4.31 Å². The first-order chi connectivity index (χ1) is 10.5. The van der Waals surface area contributed by atoms with Gasteiger partial charge in [0.2, 0.25) is 15.9 Å². The van der Waals surface area contributed by atoms with Crippen LogP contribution in [-0.4, -0.2) is 37.8 Å². The lowest BCUT2D eigenvalue weighted by Gasteiger charge is -2.30. The molecule has 1 aromatic rings. The molecular formula is C16H22N2O3S. The van der Waals surface area contributed by atoms with Crippen molar-refractivity contribution in [3.63, 3.8) is 0 Å². The molecule has 5 nitrogen and oxygen atoms in total. The van der Waals surface area contributed by atoms with Crippen LogP contribution in [0, 0.1) is 12.8 Å². The van der Waals surface area contributed by atoms with Crippen molar-refractivity contribution in [3.05, 3.63) is 29.8 Å². The standard InChI is InChI=1S/C16H22N2O3S/c1-12-3-2-4-15(11-12)22(20,21)18-9-7-13(8-10-18)16(19)17-14-5-6-14/h2-4,11,13-14H,5-10H2,1H3,(H,17,19). The van der Waals surface area contributed by atoms with E-state index >= 15 is 0 Å². The predicted octanol–water partition coefficient (Wildman–Crippen LogP) is 1.67. The van der Waals surface area contributed by atoms with Gasteiger partial charge in [-0.05, 0) is 50.3 Å². The number of nitrogens with one attached hydrogen (secondary N) is 1. The minimum absolute atomic E-state index is 0.0513. The zero-order valence-corrected chi connectivity index (χ0v) is 13.6. The quantitative estimate of drug-likeness (QED) is 0.917. The van der Waals surface area contributed by atoms with Crippen molar-refractivity contribution < 1.29 is 13.2 Å². The summed E-state index contributed by atoms with van der Waals surface area (Å²) in [7, 11) is -3.44. The lowest BCUT2D eigenvalue weighted by molar-refractivity contribution is -0.126. The first-order valence-electron chi connectivity index (χ1n) is 7.84. The van der Waals surface area contributed by atoms with Crippen LogP contribution in [0.5, 0.6) is 0 Å². The highest BCUT2D eigenvalue weighted by molar-refractivity contribution is 7.89. The third kappa shape index (κ3) is 3.33. The van der Waals surface area contributed by atoms with Crippen LogP contribution in [0.3, 0.4) is 0 Å². The van der Waals surface area contributed by atoms with Crippen molar-refractivity contribution in [2.75, 3.05) is 13.1 Å². The average Bonchev–Trinajstić information content (AvgIpc) is 3.31. The molecule has 1 heterocycles. The van der Waals surface area contributed by atoms with Gasteiger partial charge in [0.25, 0.3) is 0 Å². The summed E-state index contributed by atoms with van der Waals surface area (Å²) in [5.41, 5.74) is 0.930. The highest BCUT2D eigenvalue weighted by Gasteiger charge is 2.33. The third-order valence-electron chi connectivity index (χ3n) is 4.38. The number of sulfonamides is 1. The Morgan fingerprint density at radius 2 is 1.86 bits per heavy atom. The minimum atomic E-state index is -3.44.